The molecule has 15 heteroatoms. The number of hydrogen-bond donors (Lipinski definition) is 2. The number of benzene rings is 4. The van der Waals surface area contributed by atoms with Gasteiger partial charge in [0.2, 0.25) is 0 Å². The first-order chi connectivity index (χ1) is 27.3. The van der Waals surface area contributed by atoms with Gasteiger partial charge in [0, 0.05) is 44.0 Å². The lowest BCUT2D eigenvalue weighted by atomic mass is 9.92. The number of thiazole rings is 2. The smallest absolute Gasteiger partial charge is 0.304 e. The van der Waals surface area contributed by atoms with Crippen molar-refractivity contribution in [3.8, 4) is 45.3 Å². The van der Waals surface area contributed by atoms with Crippen molar-refractivity contribution in [2.24, 2.45) is 0 Å². The first-order valence-corrected chi connectivity index (χ1v) is 19.7. The molecule has 2 N–H and O–H groups in total. The van der Waals surface area contributed by atoms with E-state index in [2.05, 4.69) is 9.97 Å². The van der Waals surface area contributed by atoms with Crippen LogP contribution in [0.15, 0.2) is 79.1 Å². The number of methoxy groups -OCH3 is 4. The summed E-state index contributed by atoms with van der Waals surface area (Å²) in [5.74, 6) is -1.19. The first-order valence-electron chi connectivity index (χ1n) is 17.3. The molecule has 0 saturated carbocycles. The third-order valence-electron chi connectivity index (χ3n) is 8.78. The molecular formula is C42H39Cl2FN2O8S2. The second kappa shape index (κ2) is 19.3. The van der Waals surface area contributed by atoms with E-state index in [-0.39, 0.29) is 18.4 Å². The molecule has 0 aliphatic heterocycles. The van der Waals surface area contributed by atoms with Crippen molar-refractivity contribution in [1.82, 2.24) is 9.97 Å². The van der Waals surface area contributed by atoms with Gasteiger partial charge in [-0.1, -0.05) is 41.4 Å². The number of aryl methyl sites for hydroxylation is 2. The molecule has 57 heavy (non-hydrogen) atoms. The number of carbonyl (C=O) groups is 2. The number of carboxylic acids is 2. The molecule has 2 heterocycles. The van der Waals surface area contributed by atoms with Crippen molar-refractivity contribution in [2.75, 3.05) is 28.4 Å². The van der Waals surface area contributed by atoms with E-state index < -0.39 is 29.6 Å². The highest BCUT2D eigenvalue weighted by atomic mass is 35.5. The number of nitrogens with zero attached hydrogens (tertiary/aromatic N) is 2. The minimum Gasteiger partial charge on any atom is -0.496 e. The summed E-state index contributed by atoms with van der Waals surface area (Å²) in [7, 11) is 6.15. The molecule has 0 radical (unpaired) electrons. The zero-order valence-corrected chi connectivity index (χ0v) is 34.9. The molecule has 6 aromatic rings. The lowest BCUT2D eigenvalue weighted by molar-refractivity contribution is -0.138. The molecule has 0 amide bonds. The Bertz CT molecular complexity index is 2380. The van der Waals surface area contributed by atoms with Crippen molar-refractivity contribution >= 4 is 57.8 Å². The average Bonchev–Trinajstić information content (AvgIpc) is 3.82. The highest BCUT2D eigenvalue weighted by Gasteiger charge is 2.26. The number of rotatable bonds is 14. The standard InChI is InChI=1S/C22H22ClNO5S.C20H17ClFNO3S/c1-12-11-24-22(30-12)16(10-19(25)26)13-7-14(9-15(23)8-13)20-17(27-2)5-6-18(28-3)21(20)29-4;1-11-10-23-20(27-11)15(9-18(24)25)12-6-13(8-14(21)7-12)19-16(22)4-3-5-17(19)26-2/h5-9,11,16H,10H2,1-4H3,(H,25,26);3-8,10,15H,9H2,1-2H3,(H,24,25). The van der Waals surface area contributed by atoms with Gasteiger partial charge in [0.05, 0.1) is 52.4 Å². The third kappa shape index (κ3) is 10.4. The van der Waals surface area contributed by atoms with Crippen LogP contribution in [-0.4, -0.2) is 60.6 Å². The van der Waals surface area contributed by atoms with Gasteiger partial charge < -0.3 is 29.2 Å². The van der Waals surface area contributed by atoms with Crippen molar-refractivity contribution in [1.29, 1.82) is 0 Å². The topological polar surface area (TPSA) is 137 Å². The van der Waals surface area contributed by atoms with Gasteiger partial charge in [0.25, 0.3) is 0 Å². The Balaban J connectivity index is 0.000000219. The van der Waals surface area contributed by atoms with Gasteiger partial charge in [-0.25, -0.2) is 14.4 Å². The van der Waals surface area contributed by atoms with Crippen LogP contribution in [0.1, 0.15) is 55.6 Å². The Morgan fingerprint density at radius 2 is 1.12 bits per heavy atom. The quantitative estimate of drug-likeness (QED) is 0.109. The average molecular weight is 854 g/mol. The van der Waals surface area contributed by atoms with E-state index in [1.165, 1.54) is 35.8 Å². The molecule has 298 valence electrons. The maximum atomic E-state index is 14.5. The van der Waals surface area contributed by atoms with E-state index in [9.17, 15) is 24.2 Å². The molecular weight excluding hydrogens is 815 g/mol. The van der Waals surface area contributed by atoms with Crippen LogP contribution in [0.5, 0.6) is 23.0 Å². The van der Waals surface area contributed by atoms with Crippen LogP contribution >= 0.6 is 45.9 Å². The van der Waals surface area contributed by atoms with Crippen LogP contribution in [0.4, 0.5) is 4.39 Å². The number of halogens is 3. The minimum absolute atomic E-state index is 0.0981. The van der Waals surface area contributed by atoms with Gasteiger partial charge in [-0.15, -0.1) is 22.7 Å². The van der Waals surface area contributed by atoms with E-state index in [1.54, 1.807) is 88.3 Å². The second-order valence-electron chi connectivity index (χ2n) is 12.7. The molecule has 0 aliphatic rings. The fourth-order valence-corrected chi connectivity index (χ4v) is 8.63. The Hall–Kier alpha value is -5.21. The van der Waals surface area contributed by atoms with Crippen LogP contribution in [0, 0.1) is 19.7 Å². The highest BCUT2D eigenvalue weighted by molar-refractivity contribution is 7.11. The van der Waals surface area contributed by atoms with E-state index in [0.717, 1.165) is 25.9 Å². The van der Waals surface area contributed by atoms with Crippen LogP contribution in [-0.2, 0) is 9.59 Å². The predicted molar refractivity (Wildman–Crippen MR) is 222 cm³/mol. The summed E-state index contributed by atoms with van der Waals surface area (Å²) in [5, 5.41) is 21.1. The molecule has 4 aromatic carbocycles. The molecule has 6 rings (SSSR count). The maximum absolute atomic E-state index is 14.5. The Kier molecular flexibility index (Phi) is 14.5. The fraction of sp³-hybridized carbons (Fsp3) is 0.238. The zero-order valence-electron chi connectivity index (χ0n) is 31.8. The molecule has 0 fully saturated rings. The van der Waals surface area contributed by atoms with Gasteiger partial charge in [-0.3, -0.25) is 9.59 Å². The van der Waals surface area contributed by atoms with Crippen molar-refractivity contribution in [2.45, 2.75) is 38.5 Å². The van der Waals surface area contributed by atoms with Gasteiger partial charge in [0.1, 0.15) is 27.3 Å². The van der Waals surface area contributed by atoms with E-state index in [1.807, 2.05) is 19.9 Å². The van der Waals surface area contributed by atoms with Crippen molar-refractivity contribution < 1.29 is 43.1 Å². The third-order valence-corrected chi connectivity index (χ3v) is 11.3. The Labute approximate surface area is 347 Å². The SMILES string of the molecule is COc1ccc(OC)c(-c2cc(Cl)cc(C(CC(=O)O)c3ncc(C)s3)c2)c1OC.COc1cccc(F)c1-c1cc(Cl)cc(C(CC(=O)O)c2ncc(C)s2)c1. The normalized spacial score (nSPS) is 11.9. The monoisotopic (exact) mass is 852 g/mol. The zero-order chi connectivity index (χ0) is 41.4. The number of carboxylic acid groups (broad SMARTS) is 2. The number of aromatic nitrogens is 2. The number of hydrogen-bond acceptors (Lipinski definition) is 10. The van der Waals surface area contributed by atoms with Crippen molar-refractivity contribution in [3.05, 3.63) is 126 Å². The first kappa shape index (κ1) is 42.9. The molecule has 2 atom stereocenters. The summed E-state index contributed by atoms with van der Waals surface area (Å²) >= 11 is 15.7. The van der Waals surface area contributed by atoms with Gasteiger partial charge in [0.15, 0.2) is 11.5 Å². The fourth-order valence-electron chi connectivity index (χ4n) is 6.33. The van der Waals surface area contributed by atoms with Gasteiger partial charge >= 0.3 is 11.9 Å². The molecule has 0 bridgehead atoms. The summed E-state index contributed by atoms with van der Waals surface area (Å²) in [6.07, 6.45) is 3.22. The lowest BCUT2D eigenvalue weighted by Crippen LogP contribution is -2.08. The molecule has 2 aromatic heterocycles. The van der Waals surface area contributed by atoms with Crippen LogP contribution in [0.2, 0.25) is 10.0 Å². The van der Waals surface area contributed by atoms with Crippen LogP contribution in [0.25, 0.3) is 22.3 Å². The molecule has 0 aliphatic carbocycles. The Morgan fingerprint density at radius 3 is 1.54 bits per heavy atom. The number of aliphatic carboxylic acids is 2. The number of ether oxygens (including phenoxy) is 4. The highest BCUT2D eigenvalue weighted by Crippen LogP contribution is 2.46. The summed E-state index contributed by atoms with van der Waals surface area (Å²) in [4.78, 5) is 33.8. The molecule has 10 nitrogen and oxygen atoms in total. The van der Waals surface area contributed by atoms with Crippen LogP contribution < -0.4 is 18.9 Å². The lowest BCUT2D eigenvalue weighted by Gasteiger charge is -2.19. The maximum Gasteiger partial charge on any atom is 0.304 e. The summed E-state index contributed by atoms with van der Waals surface area (Å²) in [6.45, 7) is 3.85. The Morgan fingerprint density at radius 1 is 0.667 bits per heavy atom. The second-order valence-corrected chi connectivity index (χ2v) is 16.1. The molecule has 0 spiro atoms. The summed E-state index contributed by atoms with van der Waals surface area (Å²) in [5.41, 5.74) is 3.63. The summed E-state index contributed by atoms with van der Waals surface area (Å²) in [6, 6.07) is 18.7. The van der Waals surface area contributed by atoms with E-state index >= 15 is 0 Å². The van der Waals surface area contributed by atoms with E-state index in [4.69, 9.17) is 42.1 Å². The van der Waals surface area contributed by atoms with Crippen LogP contribution in [0.3, 0.4) is 0 Å². The largest absolute Gasteiger partial charge is 0.496 e. The predicted octanol–water partition coefficient (Wildman–Crippen LogP) is 10.9. The van der Waals surface area contributed by atoms with E-state index in [0.29, 0.717) is 54.7 Å². The van der Waals surface area contributed by atoms with Gasteiger partial charge in [-0.05, 0) is 84.6 Å². The van der Waals surface area contributed by atoms with Gasteiger partial charge in [-0.2, -0.15) is 0 Å². The van der Waals surface area contributed by atoms with Crippen molar-refractivity contribution in [3.63, 3.8) is 0 Å². The molecule has 2 unspecified atom stereocenters. The minimum atomic E-state index is -0.946. The molecule has 0 saturated heterocycles. The summed E-state index contributed by atoms with van der Waals surface area (Å²) < 4.78 is 36.4.